The molecule has 1 unspecified atom stereocenters. The van der Waals surface area contributed by atoms with Crippen molar-refractivity contribution in [3.05, 3.63) is 109 Å². The van der Waals surface area contributed by atoms with Crippen LogP contribution in [-0.4, -0.2) is 36.4 Å². The number of carbonyl (C=O) groups is 2. The number of unbranched alkanes of at least 4 members (excludes halogenated alkanes) is 25. The zero-order valence-electron chi connectivity index (χ0n) is 44.3. The van der Waals surface area contributed by atoms with Gasteiger partial charge in [-0.15, -0.1) is 0 Å². The molecule has 0 aliphatic carbocycles. The van der Waals surface area contributed by atoms with Crippen LogP contribution in [0, 0.1) is 0 Å². The Morgan fingerprint density at radius 2 is 0.632 bits per heavy atom. The van der Waals surface area contributed by atoms with Gasteiger partial charge in [-0.05, 0) is 103 Å². The van der Waals surface area contributed by atoms with E-state index in [0.29, 0.717) is 12.8 Å². The van der Waals surface area contributed by atoms with Crippen molar-refractivity contribution in [1.82, 2.24) is 0 Å². The van der Waals surface area contributed by atoms with Gasteiger partial charge in [-0.3, -0.25) is 9.59 Å². The average molecular weight is 944 g/mol. The first-order chi connectivity index (χ1) is 33.6. The Kier molecular flexibility index (Phi) is 54.9. The molecule has 5 heteroatoms. The summed E-state index contributed by atoms with van der Waals surface area (Å²) in [6, 6.07) is 0. The normalized spacial score (nSPS) is 13.0. The van der Waals surface area contributed by atoms with Crippen LogP contribution < -0.4 is 0 Å². The quantitative estimate of drug-likeness (QED) is 0.0374. The van der Waals surface area contributed by atoms with E-state index in [2.05, 4.69) is 123 Å². The van der Waals surface area contributed by atoms with E-state index in [1.807, 2.05) is 0 Å². The highest BCUT2D eigenvalue weighted by molar-refractivity contribution is 5.70. The van der Waals surface area contributed by atoms with Crippen LogP contribution in [-0.2, 0) is 19.1 Å². The first kappa shape index (κ1) is 64.6. The fraction of sp³-hybridized carbons (Fsp3) is 0.683. The number of esters is 2. The predicted molar refractivity (Wildman–Crippen MR) is 297 cm³/mol. The number of aliphatic hydroxyl groups excluding tert-OH is 1. The number of carbonyl (C=O) groups excluding carboxylic acids is 2. The summed E-state index contributed by atoms with van der Waals surface area (Å²) in [7, 11) is 0. The lowest BCUT2D eigenvalue weighted by atomic mass is 10.0. The van der Waals surface area contributed by atoms with Crippen LogP contribution in [0.2, 0.25) is 0 Å². The second kappa shape index (κ2) is 57.9. The number of allylic oxidation sites excluding steroid dienone is 18. The molecule has 1 N–H and O–H groups in total. The van der Waals surface area contributed by atoms with Crippen LogP contribution in [0.5, 0.6) is 0 Å². The lowest BCUT2D eigenvalue weighted by Gasteiger charge is -2.15. The van der Waals surface area contributed by atoms with E-state index in [9.17, 15) is 14.7 Å². The smallest absolute Gasteiger partial charge is 0.306 e. The van der Waals surface area contributed by atoms with Crippen molar-refractivity contribution in [2.24, 2.45) is 0 Å². The number of ether oxygens (including phenoxy) is 2. The maximum atomic E-state index is 12.3. The Morgan fingerprint density at radius 3 is 0.956 bits per heavy atom. The van der Waals surface area contributed by atoms with Crippen LogP contribution in [0.25, 0.3) is 0 Å². The molecule has 0 bridgehead atoms. The summed E-state index contributed by atoms with van der Waals surface area (Å²) in [4.78, 5) is 24.4. The molecule has 388 valence electrons. The van der Waals surface area contributed by atoms with Crippen LogP contribution in [0.3, 0.4) is 0 Å². The Morgan fingerprint density at radius 1 is 0.353 bits per heavy atom. The Balaban J connectivity index is 3.49. The molecule has 0 aromatic rings. The van der Waals surface area contributed by atoms with Gasteiger partial charge in [-0.25, -0.2) is 0 Å². The molecule has 0 radical (unpaired) electrons. The molecule has 0 saturated heterocycles. The lowest BCUT2D eigenvalue weighted by molar-refractivity contribution is -0.161. The van der Waals surface area contributed by atoms with Crippen molar-refractivity contribution in [3.63, 3.8) is 0 Å². The molecule has 0 aromatic heterocycles. The van der Waals surface area contributed by atoms with Gasteiger partial charge in [0.2, 0.25) is 0 Å². The van der Waals surface area contributed by atoms with Gasteiger partial charge in [-0.2, -0.15) is 0 Å². The highest BCUT2D eigenvalue weighted by atomic mass is 16.6. The Bertz CT molecular complexity index is 1340. The highest BCUT2D eigenvalue weighted by Crippen LogP contribution is 2.16. The van der Waals surface area contributed by atoms with E-state index < -0.39 is 6.10 Å². The Labute approximate surface area is 421 Å². The topological polar surface area (TPSA) is 72.8 Å². The van der Waals surface area contributed by atoms with E-state index in [1.54, 1.807) is 0 Å². The van der Waals surface area contributed by atoms with E-state index in [0.717, 1.165) is 96.3 Å². The van der Waals surface area contributed by atoms with Gasteiger partial charge in [0.1, 0.15) is 6.61 Å². The van der Waals surface area contributed by atoms with Crippen LogP contribution in [0.1, 0.15) is 258 Å². The summed E-state index contributed by atoms with van der Waals surface area (Å²) in [6.45, 7) is 3.99. The molecule has 0 amide bonds. The summed E-state index contributed by atoms with van der Waals surface area (Å²) in [6.07, 6.45) is 83.5. The predicted octanol–water partition coefficient (Wildman–Crippen LogP) is 19.3. The van der Waals surface area contributed by atoms with Crippen LogP contribution in [0.4, 0.5) is 0 Å². The standard InChI is InChI=1S/C63H106O5/c1-3-5-7-9-11-13-15-17-19-20-21-22-23-24-25-26-27-28-29-30-31-32-33-34-35-36-37-38-39-40-41-42-44-46-48-50-52-54-56-58-63(66)68-61(59-64)60-67-62(65)57-55-53-51-49-47-45-43-18-16-14-12-10-8-6-4-2/h5,7,11-14,17-19,21-22,24-25,27-28,30-31,43,61,64H,3-4,6,8-10,15-16,20,23,26,29,32-42,44-60H2,1-2H3/b7-5-,13-11-,14-12-,19-17-,22-21-,25-24-,28-27-,31-30-,43-18-. The molecule has 0 aliphatic heterocycles. The van der Waals surface area contributed by atoms with Gasteiger partial charge in [0.15, 0.2) is 6.10 Å². The number of rotatable bonds is 51. The second-order valence-corrected chi connectivity index (χ2v) is 18.6. The van der Waals surface area contributed by atoms with Crippen molar-refractivity contribution in [2.75, 3.05) is 13.2 Å². The third-order valence-corrected chi connectivity index (χ3v) is 12.1. The fourth-order valence-electron chi connectivity index (χ4n) is 7.80. The molecule has 1 atom stereocenters. The second-order valence-electron chi connectivity index (χ2n) is 18.6. The van der Waals surface area contributed by atoms with Crippen molar-refractivity contribution in [2.45, 2.75) is 264 Å². The van der Waals surface area contributed by atoms with E-state index in [-0.39, 0.29) is 25.2 Å². The Hall–Kier alpha value is -3.44. The zero-order chi connectivity index (χ0) is 49.2. The third-order valence-electron chi connectivity index (χ3n) is 12.1. The molecule has 5 nitrogen and oxygen atoms in total. The lowest BCUT2D eigenvalue weighted by Crippen LogP contribution is -2.28. The summed E-state index contributed by atoms with van der Waals surface area (Å²) in [5.74, 6) is -0.605. The molecule has 0 spiro atoms. The van der Waals surface area contributed by atoms with Gasteiger partial charge < -0.3 is 14.6 Å². The molecule has 0 rings (SSSR count). The summed E-state index contributed by atoms with van der Waals surface area (Å²) in [5, 5.41) is 9.63. The first-order valence-electron chi connectivity index (χ1n) is 28.4. The van der Waals surface area contributed by atoms with Gasteiger partial charge in [0.05, 0.1) is 6.61 Å². The van der Waals surface area contributed by atoms with Gasteiger partial charge >= 0.3 is 11.9 Å². The zero-order valence-corrected chi connectivity index (χ0v) is 44.3. The maximum Gasteiger partial charge on any atom is 0.306 e. The minimum Gasteiger partial charge on any atom is -0.462 e. The first-order valence-corrected chi connectivity index (χ1v) is 28.4. The van der Waals surface area contributed by atoms with Crippen molar-refractivity contribution < 1.29 is 24.2 Å². The monoisotopic (exact) mass is 943 g/mol. The number of hydrogen-bond donors (Lipinski definition) is 1. The van der Waals surface area contributed by atoms with Crippen molar-refractivity contribution in [1.29, 1.82) is 0 Å². The molecule has 68 heavy (non-hydrogen) atoms. The van der Waals surface area contributed by atoms with Crippen molar-refractivity contribution in [3.8, 4) is 0 Å². The van der Waals surface area contributed by atoms with E-state index >= 15 is 0 Å². The van der Waals surface area contributed by atoms with Crippen LogP contribution >= 0.6 is 0 Å². The average Bonchev–Trinajstić information content (AvgIpc) is 3.34. The molecule has 0 aromatic carbocycles. The number of aliphatic hydroxyl groups is 1. The van der Waals surface area contributed by atoms with Gasteiger partial charge in [0.25, 0.3) is 0 Å². The molecular formula is C63H106O5. The van der Waals surface area contributed by atoms with Gasteiger partial charge in [-0.1, -0.05) is 252 Å². The molecule has 0 fully saturated rings. The minimum atomic E-state index is -0.782. The molecule has 0 saturated carbocycles. The third kappa shape index (κ3) is 55.2. The number of hydrogen-bond acceptors (Lipinski definition) is 5. The van der Waals surface area contributed by atoms with E-state index in [4.69, 9.17) is 9.47 Å². The summed E-state index contributed by atoms with van der Waals surface area (Å²) < 4.78 is 10.7. The van der Waals surface area contributed by atoms with Crippen LogP contribution in [0.15, 0.2) is 109 Å². The minimum absolute atomic E-state index is 0.0753. The largest absolute Gasteiger partial charge is 0.462 e. The fourth-order valence-corrected chi connectivity index (χ4v) is 7.80. The SMILES string of the molecule is CC/C=C\C/C=C\C/C=C\C/C=C\C/C=C\C/C=C\C/C=C\CCCCCCCCCCCCCCCCCCCC(=O)OC(CO)COC(=O)CCCCCCC/C=C\C/C=C\CCCCC. The summed E-state index contributed by atoms with van der Waals surface area (Å²) in [5.41, 5.74) is 0. The van der Waals surface area contributed by atoms with Gasteiger partial charge in [0, 0.05) is 12.8 Å². The molecule has 0 aliphatic rings. The molecule has 0 heterocycles. The van der Waals surface area contributed by atoms with E-state index in [1.165, 1.54) is 135 Å². The molecular weight excluding hydrogens is 837 g/mol. The van der Waals surface area contributed by atoms with Crippen molar-refractivity contribution >= 4 is 11.9 Å². The highest BCUT2D eigenvalue weighted by Gasteiger charge is 2.16. The maximum absolute atomic E-state index is 12.3. The summed E-state index contributed by atoms with van der Waals surface area (Å²) >= 11 is 0.